The van der Waals surface area contributed by atoms with Gasteiger partial charge in [-0.15, -0.1) is 0 Å². The fourth-order valence-electron chi connectivity index (χ4n) is 31.0. The second-order valence-electron chi connectivity index (χ2n) is 60.2. The number of alkyl halides is 7. The fourth-order valence-corrected chi connectivity index (χ4v) is 31.0. The van der Waals surface area contributed by atoms with Crippen LogP contribution in [0.3, 0.4) is 0 Å². The van der Waals surface area contributed by atoms with Gasteiger partial charge in [-0.25, -0.2) is 22.8 Å². The summed E-state index contributed by atoms with van der Waals surface area (Å²) in [5, 5.41) is 20.9. The maximum Gasteiger partial charge on any atom is 0.351 e. The molecule has 3 aliphatic heterocycles. The number of aliphatic hydroxyl groups is 2. The van der Waals surface area contributed by atoms with Gasteiger partial charge >= 0.3 is 65.6 Å². The maximum atomic E-state index is 14.0. The third kappa shape index (κ3) is 22.4. The highest BCUT2D eigenvalue weighted by Crippen LogP contribution is 2.72. The number of rotatable bonds is 16. The van der Waals surface area contributed by atoms with Gasteiger partial charge in [0.1, 0.15) is 31.8 Å². The first-order chi connectivity index (χ1) is 66.5. The van der Waals surface area contributed by atoms with Gasteiger partial charge in [-0.05, 0) is 320 Å². The molecule has 0 radical (unpaired) electrons. The molecule has 24 bridgehead atoms. The van der Waals surface area contributed by atoms with Gasteiger partial charge < -0.3 is 62.3 Å². The van der Waals surface area contributed by atoms with Crippen LogP contribution in [0.25, 0.3) is 0 Å². The highest BCUT2D eigenvalue weighted by Gasteiger charge is 2.79. The number of aliphatic hydroxyl groups excluding tert-OH is 1. The van der Waals surface area contributed by atoms with Crippen molar-refractivity contribution >= 4 is 59.5 Å². The first-order valence-electron chi connectivity index (χ1n) is 55.2. The normalized spacial score (nSPS) is 39.9. The van der Waals surface area contributed by atoms with Crippen LogP contribution < -0.4 is 0 Å². The Bertz CT molecular complexity index is 4750. The van der Waals surface area contributed by atoms with Gasteiger partial charge in [0, 0.05) is 45.3 Å². The average molecular weight is 2070 g/mol. The molecule has 13 atom stereocenters. The van der Waals surface area contributed by atoms with Gasteiger partial charge in [-0.3, -0.25) is 38.4 Å². The summed E-state index contributed by atoms with van der Waals surface area (Å²) >= 11 is 0. The van der Waals surface area contributed by atoms with Crippen LogP contribution in [0.15, 0.2) is 0 Å². The van der Waals surface area contributed by atoms with E-state index in [0.29, 0.717) is 131 Å². The average Bonchev–Trinajstić information content (AvgIpc) is 1.53. The molecule has 22 saturated carbocycles. The van der Waals surface area contributed by atoms with E-state index in [0.717, 1.165) is 133 Å². The van der Waals surface area contributed by atoms with Crippen molar-refractivity contribution in [3.63, 3.8) is 0 Å². The topological polar surface area (TPSA) is 313 Å². The number of hydrogen-bond donors (Lipinski definition) is 2. The largest absolute Gasteiger partial charge is 0.465 e. The predicted octanol–water partition coefficient (Wildman–Crippen LogP) is 23.2. The Labute approximate surface area is 863 Å². The number of ketones is 1. The molecule has 13 unspecified atom stereocenters. The molecule has 1 spiro atoms. The van der Waals surface area contributed by atoms with Crippen molar-refractivity contribution in [2.75, 3.05) is 59.5 Å². The van der Waals surface area contributed by atoms with Crippen LogP contribution in [-0.4, -0.2) is 182 Å². The van der Waals surface area contributed by atoms with Crippen molar-refractivity contribution in [1.29, 1.82) is 0 Å². The van der Waals surface area contributed by atoms with E-state index >= 15 is 0 Å². The zero-order valence-electron chi connectivity index (χ0n) is 93.1. The predicted molar refractivity (Wildman–Crippen MR) is 529 cm³/mol. The third-order valence-electron chi connectivity index (χ3n) is 39.2. The smallest absolute Gasteiger partial charge is 0.351 e. The summed E-state index contributed by atoms with van der Waals surface area (Å²) in [7, 11) is 0. The highest BCUT2D eigenvalue weighted by atomic mass is 19.3. The van der Waals surface area contributed by atoms with Crippen molar-refractivity contribution in [2.45, 2.75) is 439 Å². The molecule has 2 N–H and O–H groups in total. The Kier molecular flexibility index (Phi) is 30.9. The van der Waals surface area contributed by atoms with E-state index in [2.05, 4.69) is 83.1 Å². The first-order valence-corrected chi connectivity index (χ1v) is 55.2. The summed E-state index contributed by atoms with van der Waals surface area (Å²) in [6.45, 7) is 48.9. The summed E-state index contributed by atoms with van der Waals surface area (Å²) in [6.07, 6.45) is 26.3. The lowest BCUT2D eigenvalue weighted by Gasteiger charge is -2.63. The molecule has 30 heteroatoms. The van der Waals surface area contributed by atoms with Crippen LogP contribution in [-0.2, 0) is 100 Å². The molecule has 25 fully saturated rings. The molecule has 3 saturated heterocycles. The van der Waals surface area contributed by atoms with Crippen LogP contribution in [0.1, 0.15) is 386 Å². The van der Waals surface area contributed by atoms with Crippen LogP contribution in [0.2, 0.25) is 0 Å². The van der Waals surface area contributed by atoms with Gasteiger partial charge in [-0.1, -0.05) is 152 Å². The van der Waals surface area contributed by atoms with Gasteiger partial charge in [0.25, 0.3) is 5.92 Å². The Balaban J connectivity index is 0.000000135. The Morgan fingerprint density at radius 2 is 0.726 bits per heavy atom. The van der Waals surface area contributed by atoms with E-state index < -0.39 is 122 Å². The molecule has 830 valence electrons. The van der Waals surface area contributed by atoms with E-state index in [-0.39, 0.29) is 128 Å². The zero-order chi connectivity index (χ0) is 109. The molecule has 0 aromatic carbocycles. The van der Waals surface area contributed by atoms with Gasteiger partial charge in [0.05, 0.1) is 82.6 Å². The van der Waals surface area contributed by atoms with E-state index in [9.17, 15) is 88.9 Å². The lowest BCUT2D eigenvalue weighted by molar-refractivity contribution is -0.349. The zero-order valence-corrected chi connectivity index (χ0v) is 93.1. The van der Waals surface area contributed by atoms with Gasteiger partial charge in [0.2, 0.25) is 11.2 Å². The number of Topliss-reactive ketones (excluding diaryl/α,β-unsaturated/α-hetero) is 1. The molecule has 0 aromatic rings. The number of hydrogen-bond acceptors (Lipinski definition) is 23. The van der Waals surface area contributed by atoms with Crippen LogP contribution in [0.5, 0.6) is 0 Å². The van der Waals surface area contributed by atoms with Crippen molar-refractivity contribution in [3.8, 4) is 0 Å². The molecule has 146 heavy (non-hydrogen) atoms. The van der Waals surface area contributed by atoms with E-state index in [1.54, 1.807) is 62.3 Å². The quantitative estimate of drug-likeness (QED) is 0.0824. The Morgan fingerprint density at radius 3 is 1.08 bits per heavy atom. The summed E-state index contributed by atoms with van der Waals surface area (Å²) in [4.78, 5) is 124. The number of halogens is 7. The minimum atomic E-state index is -4.24. The number of carbonyl (C=O) groups is 10. The SMILES string of the molecule is CC(C)(C)C(=O)OCC12CC3CC(C1)C1(OCC(F)(F)C(F)(F)CO1)C(C3)C2.CC(C)(C)C(F)(F)COC(=O)C12CCC(C)(C(=O)O1)C2(C)C.CC(C)(C)C(F)COC(=O)C12CCC(C)(C(=O)O1)C2(C)C.CC(C)(C)COC(=O)C12CC3CC(C1)C(=O)C(C3)C2.CC(C)(C)COC(=O)C12CC3CC(C1)C(O)C(C3)C2.CC(C)(C)COC(=O)C12CC3CC(CC(C3)C1)C2.CC(C)(C)COC(=O)C12CC3CC(CC(O)(C3)C1)C2. The van der Waals surface area contributed by atoms with Crippen molar-refractivity contribution < 1.29 is 141 Å². The Hall–Kier alpha value is -5.75. The second-order valence-corrected chi connectivity index (χ2v) is 60.2. The number of esters is 9. The van der Waals surface area contributed by atoms with E-state index in [1.807, 2.05) is 20.8 Å². The van der Waals surface area contributed by atoms with Crippen LogP contribution in [0.4, 0.5) is 30.7 Å². The van der Waals surface area contributed by atoms with Crippen LogP contribution >= 0.6 is 0 Å². The summed E-state index contributed by atoms with van der Waals surface area (Å²) in [6, 6.07) is 0. The lowest BCUT2D eigenvalue weighted by atomic mass is 9.47. The first kappa shape index (κ1) is 116. The van der Waals surface area contributed by atoms with Crippen molar-refractivity contribution in [1.82, 2.24) is 0 Å². The van der Waals surface area contributed by atoms with Gasteiger partial charge in [-0.2, -0.15) is 17.6 Å². The molecular formula is C116H179F7O23. The molecule has 0 aromatic heterocycles. The molecule has 22 aliphatic carbocycles. The van der Waals surface area contributed by atoms with Crippen LogP contribution in [0, 0.1) is 169 Å². The van der Waals surface area contributed by atoms with Crippen molar-refractivity contribution in [3.05, 3.63) is 0 Å². The number of fused-ring (bicyclic) bond motifs is 4. The number of ether oxygens (including phenoxy) is 11. The third-order valence-corrected chi connectivity index (χ3v) is 39.2. The van der Waals surface area contributed by atoms with Gasteiger partial charge in [0.15, 0.2) is 12.4 Å². The minimum Gasteiger partial charge on any atom is -0.465 e. The monoisotopic (exact) mass is 2070 g/mol. The standard InChI is InChI=1S/C20H28F4O4.C16H24F2O4.C16H25FO4.2C16H26O3.C16H24O3.C16H26O2/c1-16(2,3)15(25)26-9-17-6-12-4-13(7-17)20(14(5-12)8-17)27-10-18(21,22)19(23,24)11-28-20;1-12(2,3)16(17,18)9-21-11(20)15-8-7-14(6,10(19)22-15)13(15,4)5;1-13(2,3)10(17)9-20-12(19)16-8-7-15(6,11(18)21-16)14(16,4)5;1-14(2,3)10-19-13(17)15-5-11-4-12(6-15)8-16(18,7-11)9-15;2*1-15(2,3)9-19-14(18)16-6-10-4-11(7-16)13(17)12(5-10)8-16;1-15(2,3)10-18-14(17)16-7-11-4-12(8-16)6-13(5-11)9-16/h12-14H,4-11H2,1-3H3;7-9H2,1-6H3;10H,7-9H2,1-6H3;11-12,18H,4-10H2,1-3H3;10-13,17H,4-9H2,1-3H3;10-12H,4-9H2,1-3H3;11-13H,4-10H2,1-3H3. The molecule has 25 aliphatic rings. The van der Waals surface area contributed by atoms with E-state index in [4.69, 9.17) is 52.1 Å². The molecule has 0 amide bonds. The molecular weight excluding hydrogens is 1890 g/mol. The fraction of sp³-hybridized carbons (Fsp3) is 0.914. The molecule has 23 nitrogen and oxygen atoms in total. The lowest BCUT2D eigenvalue weighted by Crippen LogP contribution is -2.64. The maximum absolute atomic E-state index is 14.0. The van der Waals surface area contributed by atoms with Crippen molar-refractivity contribution in [2.24, 2.45) is 169 Å². The molecule has 3 heterocycles. The minimum absolute atomic E-state index is 0.00771. The number of carbonyl (C=O) groups excluding carboxylic acids is 10. The Morgan fingerprint density at radius 1 is 0.390 bits per heavy atom. The summed E-state index contributed by atoms with van der Waals surface area (Å²) in [5.74, 6) is -9.52. The summed E-state index contributed by atoms with van der Waals surface area (Å²) in [5.41, 5.74) is -9.87. The second kappa shape index (κ2) is 39.0. The van der Waals surface area contributed by atoms with E-state index in [1.165, 1.54) is 46.5 Å². The summed E-state index contributed by atoms with van der Waals surface area (Å²) < 4.78 is 157. The molecule has 25 rings (SSSR count). The highest BCUT2D eigenvalue weighted by molar-refractivity contribution is 5.95.